The average molecular weight is 209 g/mol. The Hall–Kier alpha value is -2.27. The predicted molar refractivity (Wildman–Crippen MR) is 63.0 cm³/mol. The molecular formula is C14H11NO. The van der Waals surface area contributed by atoms with Crippen LogP contribution in [0, 0.1) is 18.3 Å². The van der Waals surface area contributed by atoms with E-state index in [2.05, 4.69) is 6.07 Å². The topological polar surface area (TPSA) is 44.0 Å². The molecule has 0 radical (unpaired) electrons. The van der Waals surface area contributed by atoms with Crippen LogP contribution in [0.2, 0.25) is 0 Å². The number of rotatable bonds is 1. The van der Waals surface area contributed by atoms with Gasteiger partial charge in [0, 0.05) is 0 Å². The van der Waals surface area contributed by atoms with Crippen molar-refractivity contribution in [3.05, 3.63) is 53.6 Å². The van der Waals surface area contributed by atoms with Crippen molar-refractivity contribution < 1.29 is 5.11 Å². The number of phenolic OH excluding ortho intramolecular Hbond substituents is 1. The lowest BCUT2D eigenvalue weighted by Crippen LogP contribution is -1.81. The highest BCUT2D eigenvalue weighted by molar-refractivity contribution is 5.66. The Balaban J connectivity index is 2.43. The van der Waals surface area contributed by atoms with Crippen molar-refractivity contribution in [2.45, 2.75) is 6.92 Å². The minimum atomic E-state index is 0.293. The summed E-state index contributed by atoms with van der Waals surface area (Å²) in [7, 11) is 0. The molecule has 0 atom stereocenters. The molecule has 0 aliphatic rings. The van der Waals surface area contributed by atoms with Gasteiger partial charge in [0.15, 0.2) is 0 Å². The minimum absolute atomic E-state index is 0.293. The molecule has 78 valence electrons. The summed E-state index contributed by atoms with van der Waals surface area (Å²) in [5.41, 5.74) is 3.44. The van der Waals surface area contributed by atoms with Crippen LogP contribution in [0.3, 0.4) is 0 Å². The number of benzene rings is 2. The Kier molecular flexibility index (Phi) is 2.61. The van der Waals surface area contributed by atoms with Crippen molar-refractivity contribution in [1.29, 1.82) is 5.26 Å². The normalized spacial score (nSPS) is 9.75. The SMILES string of the molecule is Cc1ccc(-c2ccc(C#N)cc2)cc1O. The largest absolute Gasteiger partial charge is 0.508 e. The maximum absolute atomic E-state index is 9.61. The zero-order valence-corrected chi connectivity index (χ0v) is 8.94. The number of hydrogen-bond donors (Lipinski definition) is 1. The van der Waals surface area contributed by atoms with Gasteiger partial charge < -0.3 is 5.11 Å². The number of aromatic hydroxyl groups is 1. The van der Waals surface area contributed by atoms with Gasteiger partial charge in [0.1, 0.15) is 5.75 Å². The van der Waals surface area contributed by atoms with Gasteiger partial charge in [-0.05, 0) is 41.8 Å². The highest BCUT2D eigenvalue weighted by Gasteiger charge is 2.01. The van der Waals surface area contributed by atoms with E-state index >= 15 is 0 Å². The van der Waals surface area contributed by atoms with E-state index in [1.165, 1.54) is 0 Å². The van der Waals surface area contributed by atoms with Crippen molar-refractivity contribution in [1.82, 2.24) is 0 Å². The van der Waals surface area contributed by atoms with Crippen LogP contribution in [0.5, 0.6) is 5.75 Å². The highest BCUT2D eigenvalue weighted by atomic mass is 16.3. The lowest BCUT2D eigenvalue weighted by molar-refractivity contribution is 0.471. The Morgan fingerprint density at radius 2 is 1.62 bits per heavy atom. The van der Waals surface area contributed by atoms with Gasteiger partial charge in [-0.2, -0.15) is 5.26 Å². The van der Waals surface area contributed by atoms with Crippen LogP contribution in [0.15, 0.2) is 42.5 Å². The van der Waals surface area contributed by atoms with Crippen LogP contribution in [-0.2, 0) is 0 Å². The van der Waals surface area contributed by atoms with Gasteiger partial charge in [-0.25, -0.2) is 0 Å². The summed E-state index contributed by atoms with van der Waals surface area (Å²) in [6.07, 6.45) is 0. The highest BCUT2D eigenvalue weighted by Crippen LogP contribution is 2.26. The van der Waals surface area contributed by atoms with E-state index in [1.807, 2.05) is 31.2 Å². The molecule has 0 spiro atoms. The summed E-state index contributed by atoms with van der Waals surface area (Å²) >= 11 is 0. The molecule has 0 heterocycles. The molecule has 0 aliphatic heterocycles. The van der Waals surface area contributed by atoms with Crippen LogP contribution in [-0.4, -0.2) is 5.11 Å². The first-order valence-electron chi connectivity index (χ1n) is 5.01. The summed E-state index contributed by atoms with van der Waals surface area (Å²) in [4.78, 5) is 0. The van der Waals surface area contributed by atoms with E-state index in [4.69, 9.17) is 5.26 Å². The molecule has 16 heavy (non-hydrogen) atoms. The molecule has 0 fully saturated rings. The molecule has 2 nitrogen and oxygen atoms in total. The van der Waals surface area contributed by atoms with Gasteiger partial charge in [0.2, 0.25) is 0 Å². The Morgan fingerprint density at radius 3 is 2.19 bits per heavy atom. The Bertz CT molecular complexity index is 550. The van der Waals surface area contributed by atoms with Crippen molar-refractivity contribution in [3.63, 3.8) is 0 Å². The van der Waals surface area contributed by atoms with Gasteiger partial charge in [-0.15, -0.1) is 0 Å². The molecule has 0 saturated heterocycles. The van der Waals surface area contributed by atoms with E-state index in [9.17, 15) is 5.11 Å². The van der Waals surface area contributed by atoms with Crippen molar-refractivity contribution >= 4 is 0 Å². The number of hydrogen-bond acceptors (Lipinski definition) is 2. The molecule has 2 aromatic carbocycles. The summed E-state index contributed by atoms with van der Waals surface area (Å²) in [6.45, 7) is 1.86. The van der Waals surface area contributed by atoms with Gasteiger partial charge in [-0.1, -0.05) is 24.3 Å². The van der Waals surface area contributed by atoms with E-state index in [0.717, 1.165) is 16.7 Å². The fourth-order valence-electron chi connectivity index (χ4n) is 1.53. The van der Waals surface area contributed by atoms with Gasteiger partial charge in [0.05, 0.1) is 11.6 Å². The van der Waals surface area contributed by atoms with Gasteiger partial charge in [-0.3, -0.25) is 0 Å². The third-order valence-corrected chi connectivity index (χ3v) is 2.56. The first kappa shape index (κ1) is 10.3. The van der Waals surface area contributed by atoms with Crippen LogP contribution in [0.25, 0.3) is 11.1 Å². The van der Waals surface area contributed by atoms with Gasteiger partial charge >= 0.3 is 0 Å². The monoisotopic (exact) mass is 209 g/mol. The van der Waals surface area contributed by atoms with E-state index < -0.39 is 0 Å². The van der Waals surface area contributed by atoms with Gasteiger partial charge in [0.25, 0.3) is 0 Å². The second kappa shape index (κ2) is 4.08. The molecule has 2 heteroatoms. The quantitative estimate of drug-likeness (QED) is 0.783. The van der Waals surface area contributed by atoms with Crippen LogP contribution < -0.4 is 0 Å². The molecule has 2 aromatic rings. The molecular weight excluding hydrogens is 198 g/mol. The molecule has 1 N–H and O–H groups in total. The van der Waals surface area contributed by atoms with Crippen molar-refractivity contribution in [2.75, 3.05) is 0 Å². The number of nitrogens with zero attached hydrogens (tertiary/aromatic N) is 1. The molecule has 0 saturated carbocycles. The first-order chi connectivity index (χ1) is 7.70. The summed E-state index contributed by atoms with van der Waals surface area (Å²) in [5, 5.41) is 18.3. The fourth-order valence-corrected chi connectivity index (χ4v) is 1.53. The lowest BCUT2D eigenvalue weighted by atomic mass is 10.0. The van der Waals surface area contributed by atoms with E-state index in [-0.39, 0.29) is 0 Å². The molecule has 0 bridgehead atoms. The first-order valence-corrected chi connectivity index (χ1v) is 5.01. The second-order valence-corrected chi connectivity index (χ2v) is 3.69. The van der Waals surface area contributed by atoms with Crippen molar-refractivity contribution in [3.8, 4) is 22.9 Å². The molecule has 0 amide bonds. The van der Waals surface area contributed by atoms with E-state index in [0.29, 0.717) is 11.3 Å². The zero-order chi connectivity index (χ0) is 11.5. The molecule has 0 aromatic heterocycles. The predicted octanol–water partition coefficient (Wildman–Crippen LogP) is 3.24. The third-order valence-electron chi connectivity index (χ3n) is 2.56. The number of phenols is 1. The van der Waals surface area contributed by atoms with Crippen LogP contribution >= 0.6 is 0 Å². The average Bonchev–Trinajstić information content (AvgIpc) is 2.33. The minimum Gasteiger partial charge on any atom is -0.508 e. The van der Waals surface area contributed by atoms with Crippen LogP contribution in [0.1, 0.15) is 11.1 Å². The molecule has 0 aliphatic carbocycles. The Morgan fingerprint density at radius 1 is 1.00 bits per heavy atom. The van der Waals surface area contributed by atoms with Crippen molar-refractivity contribution in [2.24, 2.45) is 0 Å². The zero-order valence-electron chi connectivity index (χ0n) is 8.94. The summed E-state index contributed by atoms with van der Waals surface area (Å²) in [5.74, 6) is 0.293. The lowest BCUT2D eigenvalue weighted by Gasteiger charge is -2.04. The van der Waals surface area contributed by atoms with E-state index in [1.54, 1.807) is 18.2 Å². The second-order valence-electron chi connectivity index (χ2n) is 3.69. The number of nitriles is 1. The third kappa shape index (κ3) is 1.89. The molecule has 2 rings (SSSR count). The Labute approximate surface area is 94.4 Å². The smallest absolute Gasteiger partial charge is 0.119 e. The standard InChI is InChI=1S/C14H11NO/c1-10-2-5-13(8-14(10)16)12-6-3-11(9-15)4-7-12/h2-8,16H,1H3. The molecule has 0 unspecified atom stereocenters. The van der Waals surface area contributed by atoms with Crippen LogP contribution in [0.4, 0.5) is 0 Å². The maximum atomic E-state index is 9.61. The number of aryl methyl sites for hydroxylation is 1. The fraction of sp³-hybridized carbons (Fsp3) is 0.0714. The summed E-state index contributed by atoms with van der Waals surface area (Å²) in [6, 6.07) is 14.9. The maximum Gasteiger partial charge on any atom is 0.119 e. The summed E-state index contributed by atoms with van der Waals surface area (Å²) < 4.78 is 0.